The minimum atomic E-state index is 0.197. The predicted octanol–water partition coefficient (Wildman–Crippen LogP) is 3.98. The fourth-order valence-corrected chi connectivity index (χ4v) is 3.28. The summed E-state index contributed by atoms with van der Waals surface area (Å²) >= 11 is 5.31. The van der Waals surface area contributed by atoms with Gasteiger partial charge in [0.2, 0.25) is 0 Å². The first-order chi connectivity index (χ1) is 7.70. The van der Waals surface area contributed by atoms with E-state index >= 15 is 0 Å². The molecule has 2 unspecified atom stereocenters. The minimum Gasteiger partial charge on any atom is -0.377 e. The van der Waals surface area contributed by atoms with Crippen molar-refractivity contribution in [2.45, 2.75) is 39.3 Å². The number of hydrogen-bond acceptors (Lipinski definition) is 3. The lowest BCUT2D eigenvalue weighted by Gasteiger charge is -2.25. The SMILES string of the molecule is CCCNC(c1cscc1Br)C(C)OCC. The summed E-state index contributed by atoms with van der Waals surface area (Å²) in [6.45, 7) is 8.12. The summed E-state index contributed by atoms with van der Waals surface area (Å²) in [6.07, 6.45) is 1.33. The van der Waals surface area contributed by atoms with Crippen LogP contribution >= 0.6 is 27.3 Å². The quantitative estimate of drug-likeness (QED) is 0.823. The first kappa shape index (κ1) is 14.2. The van der Waals surface area contributed by atoms with E-state index in [0.717, 1.165) is 19.6 Å². The zero-order valence-electron chi connectivity index (χ0n) is 10.1. The van der Waals surface area contributed by atoms with Gasteiger partial charge in [0.15, 0.2) is 0 Å². The van der Waals surface area contributed by atoms with E-state index in [0.29, 0.717) is 0 Å². The normalized spacial score (nSPS) is 15.0. The highest BCUT2D eigenvalue weighted by Gasteiger charge is 2.21. The minimum absolute atomic E-state index is 0.197. The van der Waals surface area contributed by atoms with E-state index in [-0.39, 0.29) is 12.1 Å². The van der Waals surface area contributed by atoms with E-state index in [1.54, 1.807) is 11.3 Å². The Balaban J connectivity index is 2.74. The van der Waals surface area contributed by atoms with Gasteiger partial charge in [0.05, 0.1) is 12.1 Å². The summed E-state index contributed by atoms with van der Waals surface area (Å²) < 4.78 is 6.88. The fraction of sp³-hybridized carbons (Fsp3) is 0.667. The van der Waals surface area contributed by atoms with Crippen molar-refractivity contribution in [3.05, 3.63) is 20.8 Å². The number of rotatable bonds is 7. The lowest BCUT2D eigenvalue weighted by molar-refractivity contribution is 0.0472. The Morgan fingerprint density at radius 1 is 1.44 bits per heavy atom. The molecule has 1 N–H and O–H groups in total. The molecular weight excluding hydrogens is 286 g/mol. The van der Waals surface area contributed by atoms with Crippen LogP contribution in [-0.2, 0) is 4.74 Å². The van der Waals surface area contributed by atoms with Crippen LogP contribution in [0.1, 0.15) is 38.8 Å². The smallest absolute Gasteiger partial charge is 0.0742 e. The number of ether oxygens (including phenoxy) is 1. The lowest BCUT2D eigenvalue weighted by atomic mass is 10.1. The van der Waals surface area contributed by atoms with Crippen LogP contribution < -0.4 is 5.32 Å². The number of nitrogens with one attached hydrogen (secondary N) is 1. The van der Waals surface area contributed by atoms with Crippen molar-refractivity contribution in [1.29, 1.82) is 0 Å². The molecular formula is C12H20BrNOS. The number of halogens is 1. The van der Waals surface area contributed by atoms with Crippen LogP contribution in [-0.4, -0.2) is 19.3 Å². The Bertz CT molecular complexity index is 303. The molecule has 4 heteroatoms. The standard InChI is InChI=1S/C12H20BrNOS/c1-4-6-14-12(9(3)15-5-2)10-7-16-8-11(10)13/h7-9,12,14H,4-6H2,1-3H3. The molecule has 1 aromatic rings. The third-order valence-electron chi connectivity index (χ3n) is 2.49. The summed E-state index contributed by atoms with van der Waals surface area (Å²) in [5.41, 5.74) is 1.31. The van der Waals surface area contributed by atoms with Crippen molar-refractivity contribution >= 4 is 27.3 Å². The second kappa shape index (κ2) is 7.43. The zero-order chi connectivity index (χ0) is 12.0. The molecule has 0 saturated heterocycles. The molecule has 0 aliphatic heterocycles. The van der Waals surface area contributed by atoms with E-state index in [2.05, 4.69) is 45.9 Å². The lowest BCUT2D eigenvalue weighted by Crippen LogP contribution is -2.32. The molecule has 1 rings (SSSR count). The van der Waals surface area contributed by atoms with Crippen LogP contribution in [0.5, 0.6) is 0 Å². The van der Waals surface area contributed by atoms with E-state index in [1.165, 1.54) is 10.0 Å². The van der Waals surface area contributed by atoms with Gasteiger partial charge in [-0.1, -0.05) is 6.92 Å². The average molecular weight is 306 g/mol. The largest absolute Gasteiger partial charge is 0.377 e. The maximum Gasteiger partial charge on any atom is 0.0742 e. The molecule has 1 heterocycles. The average Bonchev–Trinajstić information content (AvgIpc) is 2.66. The van der Waals surface area contributed by atoms with Gasteiger partial charge in [-0.05, 0) is 53.7 Å². The maximum atomic E-state index is 5.70. The van der Waals surface area contributed by atoms with Crippen molar-refractivity contribution in [2.75, 3.05) is 13.2 Å². The Kier molecular flexibility index (Phi) is 6.58. The molecule has 0 spiro atoms. The Morgan fingerprint density at radius 3 is 2.69 bits per heavy atom. The van der Waals surface area contributed by atoms with Gasteiger partial charge in [-0.3, -0.25) is 0 Å². The van der Waals surface area contributed by atoms with Gasteiger partial charge in [-0.25, -0.2) is 0 Å². The topological polar surface area (TPSA) is 21.3 Å². The van der Waals surface area contributed by atoms with Crippen molar-refractivity contribution in [1.82, 2.24) is 5.32 Å². The molecule has 2 atom stereocenters. The molecule has 0 aliphatic carbocycles. The van der Waals surface area contributed by atoms with Crippen molar-refractivity contribution < 1.29 is 4.74 Å². The predicted molar refractivity (Wildman–Crippen MR) is 74.1 cm³/mol. The molecule has 92 valence electrons. The van der Waals surface area contributed by atoms with E-state index in [1.807, 2.05) is 6.92 Å². The molecule has 0 saturated carbocycles. The van der Waals surface area contributed by atoms with Gasteiger partial charge in [-0.15, -0.1) is 0 Å². The Hall–Kier alpha value is 0.1000. The van der Waals surface area contributed by atoms with Crippen LogP contribution in [0.4, 0.5) is 0 Å². The summed E-state index contributed by atoms with van der Waals surface area (Å²) in [5.74, 6) is 0. The van der Waals surface area contributed by atoms with Gasteiger partial charge >= 0.3 is 0 Å². The summed E-state index contributed by atoms with van der Waals surface area (Å²) in [7, 11) is 0. The maximum absolute atomic E-state index is 5.70. The number of thiophene rings is 1. The van der Waals surface area contributed by atoms with Crippen LogP contribution in [0.2, 0.25) is 0 Å². The van der Waals surface area contributed by atoms with Crippen LogP contribution in [0, 0.1) is 0 Å². The fourth-order valence-electron chi connectivity index (χ4n) is 1.70. The Morgan fingerprint density at radius 2 is 2.19 bits per heavy atom. The third kappa shape index (κ3) is 3.84. The van der Waals surface area contributed by atoms with E-state index < -0.39 is 0 Å². The number of hydrogen-bond donors (Lipinski definition) is 1. The zero-order valence-corrected chi connectivity index (χ0v) is 12.5. The van der Waals surface area contributed by atoms with E-state index in [4.69, 9.17) is 4.74 Å². The highest BCUT2D eigenvalue weighted by atomic mass is 79.9. The second-order valence-electron chi connectivity index (χ2n) is 3.77. The van der Waals surface area contributed by atoms with Crippen LogP contribution in [0.15, 0.2) is 15.2 Å². The first-order valence-electron chi connectivity index (χ1n) is 5.77. The van der Waals surface area contributed by atoms with Crippen molar-refractivity contribution in [3.8, 4) is 0 Å². The highest BCUT2D eigenvalue weighted by molar-refractivity contribution is 9.10. The monoisotopic (exact) mass is 305 g/mol. The van der Waals surface area contributed by atoms with Gasteiger partial charge in [0.25, 0.3) is 0 Å². The summed E-state index contributed by atoms with van der Waals surface area (Å²) in [6, 6.07) is 0.278. The Labute approximate surface area is 111 Å². The van der Waals surface area contributed by atoms with Crippen LogP contribution in [0.25, 0.3) is 0 Å². The summed E-state index contributed by atoms with van der Waals surface area (Å²) in [4.78, 5) is 0. The first-order valence-corrected chi connectivity index (χ1v) is 7.50. The molecule has 2 nitrogen and oxygen atoms in total. The molecule has 0 aromatic carbocycles. The van der Waals surface area contributed by atoms with Gasteiger partial charge in [-0.2, -0.15) is 11.3 Å². The summed E-state index contributed by atoms with van der Waals surface area (Å²) in [5, 5.41) is 7.86. The molecule has 16 heavy (non-hydrogen) atoms. The molecule has 0 bridgehead atoms. The van der Waals surface area contributed by atoms with Gasteiger partial charge in [0, 0.05) is 16.5 Å². The van der Waals surface area contributed by atoms with Gasteiger partial charge in [0.1, 0.15) is 0 Å². The van der Waals surface area contributed by atoms with E-state index in [9.17, 15) is 0 Å². The van der Waals surface area contributed by atoms with Crippen molar-refractivity contribution in [3.63, 3.8) is 0 Å². The molecule has 0 aliphatic rings. The highest BCUT2D eigenvalue weighted by Crippen LogP contribution is 2.30. The third-order valence-corrected chi connectivity index (χ3v) is 4.24. The molecule has 0 fully saturated rings. The van der Waals surface area contributed by atoms with Crippen LogP contribution in [0.3, 0.4) is 0 Å². The van der Waals surface area contributed by atoms with Crippen molar-refractivity contribution in [2.24, 2.45) is 0 Å². The molecule has 0 amide bonds. The molecule has 0 radical (unpaired) electrons. The van der Waals surface area contributed by atoms with Gasteiger partial charge < -0.3 is 10.1 Å². The second-order valence-corrected chi connectivity index (χ2v) is 5.37. The molecule has 1 aromatic heterocycles.